The second-order valence-electron chi connectivity index (χ2n) is 9.35. The van der Waals surface area contributed by atoms with Crippen LogP contribution in [0.5, 0.6) is 5.75 Å². The van der Waals surface area contributed by atoms with Gasteiger partial charge in [0.05, 0.1) is 30.8 Å². The van der Waals surface area contributed by atoms with Gasteiger partial charge in [0.1, 0.15) is 11.3 Å². The van der Waals surface area contributed by atoms with E-state index in [9.17, 15) is 18.0 Å². The van der Waals surface area contributed by atoms with Gasteiger partial charge in [0.25, 0.3) is 0 Å². The topological polar surface area (TPSA) is 39.4 Å². The molecule has 0 N–H and O–H groups in total. The van der Waals surface area contributed by atoms with E-state index in [1.54, 1.807) is 16.7 Å². The molecule has 0 spiro atoms. The van der Waals surface area contributed by atoms with Gasteiger partial charge in [-0.05, 0) is 55.2 Å². The van der Waals surface area contributed by atoms with Crippen molar-refractivity contribution >= 4 is 16.7 Å². The summed E-state index contributed by atoms with van der Waals surface area (Å²) in [5.41, 5.74) is 3.67. The number of hydrogen-bond donors (Lipinski definition) is 0. The Balaban J connectivity index is 1.61. The molecule has 0 amide bonds. The molecular formula is C28H28F3N3O2. The zero-order valence-corrected chi connectivity index (χ0v) is 20.5. The molecule has 1 unspecified atom stereocenters. The van der Waals surface area contributed by atoms with Crippen LogP contribution in [0.25, 0.3) is 11.0 Å². The summed E-state index contributed by atoms with van der Waals surface area (Å²) in [6, 6.07) is 16.8. The molecule has 1 aliphatic rings. The number of ether oxygens (including phenoxy) is 1. The predicted molar refractivity (Wildman–Crippen MR) is 135 cm³/mol. The van der Waals surface area contributed by atoms with Crippen molar-refractivity contribution in [2.75, 3.05) is 25.1 Å². The first-order valence-electron chi connectivity index (χ1n) is 11.9. The SMILES string of the molecule is COc1cccc2c1n(Cc1ccccc1C(F)(F)F)c(=O)n2C1CCN(c2c(C)cccc2C)C1. The molecular weight excluding hydrogens is 467 g/mol. The van der Waals surface area contributed by atoms with E-state index < -0.39 is 11.7 Å². The van der Waals surface area contributed by atoms with E-state index in [1.807, 2.05) is 18.2 Å². The fraction of sp³-hybridized carbons (Fsp3) is 0.321. The Hall–Kier alpha value is -3.68. The van der Waals surface area contributed by atoms with Crippen LogP contribution in [-0.2, 0) is 12.7 Å². The Morgan fingerprint density at radius 3 is 2.36 bits per heavy atom. The standard InChI is InChI=1S/C28H28F3N3O2/c1-18-8-6-9-19(2)25(18)32-15-14-21(17-32)34-23-12-7-13-24(36-3)26(23)33(27(34)35)16-20-10-4-5-11-22(20)28(29,30)31/h4-13,21H,14-17H2,1-3H3. The normalized spacial score (nSPS) is 16.2. The van der Waals surface area contributed by atoms with Gasteiger partial charge >= 0.3 is 11.9 Å². The lowest BCUT2D eigenvalue weighted by molar-refractivity contribution is -0.138. The number of hydrogen-bond acceptors (Lipinski definition) is 3. The van der Waals surface area contributed by atoms with E-state index in [0.29, 0.717) is 23.3 Å². The van der Waals surface area contributed by atoms with Crippen LogP contribution in [0.15, 0.2) is 65.5 Å². The summed E-state index contributed by atoms with van der Waals surface area (Å²) in [5, 5.41) is 0. The lowest BCUT2D eigenvalue weighted by Gasteiger charge is -2.23. The van der Waals surface area contributed by atoms with Crippen molar-refractivity contribution in [1.29, 1.82) is 0 Å². The lowest BCUT2D eigenvalue weighted by Crippen LogP contribution is -2.30. The number of aryl methyl sites for hydroxylation is 2. The highest BCUT2D eigenvalue weighted by Gasteiger charge is 2.34. The summed E-state index contributed by atoms with van der Waals surface area (Å²) in [6.07, 6.45) is -3.76. The second-order valence-corrected chi connectivity index (χ2v) is 9.35. The number of para-hydroxylation sites is 2. The van der Waals surface area contributed by atoms with E-state index in [4.69, 9.17) is 4.74 Å². The Morgan fingerprint density at radius 2 is 1.67 bits per heavy atom. The smallest absolute Gasteiger partial charge is 0.416 e. The number of rotatable bonds is 5. The van der Waals surface area contributed by atoms with Crippen molar-refractivity contribution in [3.05, 3.63) is 93.4 Å². The third-order valence-corrected chi connectivity index (χ3v) is 7.10. The molecule has 0 saturated carbocycles. The molecule has 1 atom stereocenters. The first-order chi connectivity index (χ1) is 17.2. The van der Waals surface area contributed by atoms with Crippen molar-refractivity contribution in [3.63, 3.8) is 0 Å². The van der Waals surface area contributed by atoms with Crippen LogP contribution in [0.4, 0.5) is 18.9 Å². The highest BCUT2D eigenvalue weighted by Crippen LogP contribution is 2.36. The fourth-order valence-electron chi connectivity index (χ4n) is 5.53. The van der Waals surface area contributed by atoms with Crippen molar-refractivity contribution in [1.82, 2.24) is 9.13 Å². The number of aromatic nitrogens is 2. The quantitative estimate of drug-likeness (QED) is 0.344. The van der Waals surface area contributed by atoms with Crippen LogP contribution in [0.3, 0.4) is 0 Å². The van der Waals surface area contributed by atoms with Gasteiger partial charge in [0, 0.05) is 18.8 Å². The minimum atomic E-state index is -4.51. The first-order valence-corrected chi connectivity index (χ1v) is 11.9. The van der Waals surface area contributed by atoms with Crippen molar-refractivity contribution in [2.45, 2.75) is 39.0 Å². The van der Waals surface area contributed by atoms with Crippen LogP contribution >= 0.6 is 0 Å². The molecule has 36 heavy (non-hydrogen) atoms. The van der Waals surface area contributed by atoms with E-state index in [2.05, 4.69) is 30.9 Å². The average Bonchev–Trinajstić information content (AvgIpc) is 3.41. The number of benzene rings is 3. The van der Waals surface area contributed by atoms with Gasteiger partial charge in [-0.15, -0.1) is 0 Å². The summed E-state index contributed by atoms with van der Waals surface area (Å²) in [4.78, 5) is 16.2. The van der Waals surface area contributed by atoms with E-state index in [1.165, 1.54) is 40.6 Å². The number of anilines is 1. The van der Waals surface area contributed by atoms with Crippen LogP contribution in [0, 0.1) is 13.8 Å². The molecule has 8 heteroatoms. The Bertz CT molecular complexity index is 1470. The molecule has 0 aliphatic carbocycles. The van der Waals surface area contributed by atoms with E-state index in [-0.39, 0.29) is 23.8 Å². The van der Waals surface area contributed by atoms with Crippen molar-refractivity contribution in [2.24, 2.45) is 0 Å². The minimum Gasteiger partial charge on any atom is -0.494 e. The third kappa shape index (κ3) is 4.04. The van der Waals surface area contributed by atoms with Crippen LogP contribution in [0.2, 0.25) is 0 Å². The molecule has 5 nitrogen and oxygen atoms in total. The van der Waals surface area contributed by atoms with Gasteiger partial charge in [0.15, 0.2) is 0 Å². The highest BCUT2D eigenvalue weighted by atomic mass is 19.4. The summed E-state index contributed by atoms with van der Waals surface area (Å²) in [7, 11) is 1.50. The van der Waals surface area contributed by atoms with Gasteiger partial charge in [0.2, 0.25) is 0 Å². The van der Waals surface area contributed by atoms with Crippen molar-refractivity contribution in [3.8, 4) is 5.75 Å². The van der Waals surface area contributed by atoms with E-state index in [0.717, 1.165) is 19.0 Å². The zero-order chi connectivity index (χ0) is 25.6. The molecule has 1 saturated heterocycles. The second kappa shape index (κ2) is 9.08. The number of methoxy groups -OCH3 is 1. The summed E-state index contributed by atoms with van der Waals surface area (Å²) in [6.45, 7) is 5.39. The van der Waals surface area contributed by atoms with Crippen LogP contribution < -0.4 is 15.3 Å². The molecule has 3 aromatic carbocycles. The molecule has 0 bridgehead atoms. The Labute approximate surface area is 207 Å². The van der Waals surface area contributed by atoms with E-state index >= 15 is 0 Å². The summed E-state index contributed by atoms with van der Waals surface area (Å²) >= 11 is 0. The summed E-state index contributed by atoms with van der Waals surface area (Å²) in [5.74, 6) is 0.456. The monoisotopic (exact) mass is 495 g/mol. The molecule has 0 radical (unpaired) electrons. The number of alkyl halides is 3. The molecule has 1 aliphatic heterocycles. The maximum absolute atomic E-state index is 13.9. The lowest BCUT2D eigenvalue weighted by atomic mass is 10.1. The first kappa shape index (κ1) is 24.0. The van der Waals surface area contributed by atoms with Gasteiger partial charge in [-0.3, -0.25) is 9.13 Å². The van der Waals surface area contributed by atoms with Crippen LogP contribution in [0.1, 0.15) is 34.7 Å². The number of nitrogens with zero attached hydrogens (tertiary/aromatic N) is 3. The van der Waals surface area contributed by atoms with Gasteiger partial charge in [-0.1, -0.05) is 42.5 Å². The molecule has 2 heterocycles. The third-order valence-electron chi connectivity index (χ3n) is 7.10. The summed E-state index contributed by atoms with van der Waals surface area (Å²) < 4.78 is 49.8. The van der Waals surface area contributed by atoms with Gasteiger partial charge < -0.3 is 9.64 Å². The van der Waals surface area contributed by atoms with Gasteiger partial charge in [-0.2, -0.15) is 13.2 Å². The Morgan fingerprint density at radius 1 is 0.972 bits per heavy atom. The van der Waals surface area contributed by atoms with Gasteiger partial charge in [-0.25, -0.2) is 4.79 Å². The highest BCUT2D eigenvalue weighted by molar-refractivity contribution is 5.83. The van der Waals surface area contributed by atoms with Crippen LogP contribution in [-0.4, -0.2) is 29.3 Å². The minimum absolute atomic E-state index is 0.0423. The maximum Gasteiger partial charge on any atom is 0.416 e. The van der Waals surface area contributed by atoms with Crippen molar-refractivity contribution < 1.29 is 17.9 Å². The maximum atomic E-state index is 13.9. The molecule has 4 aromatic rings. The average molecular weight is 496 g/mol. The zero-order valence-electron chi connectivity index (χ0n) is 20.5. The molecule has 5 rings (SSSR count). The largest absolute Gasteiger partial charge is 0.494 e. The predicted octanol–water partition coefficient (Wildman–Crippen LogP) is 5.95. The number of fused-ring (bicyclic) bond motifs is 1. The number of halogens is 3. The number of imidazole rings is 1. The molecule has 1 aromatic heterocycles. The fourth-order valence-corrected chi connectivity index (χ4v) is 5.53. The Kier molecular flexibility index (Phi) is 6.06. The molecule has 1 fully saturated rings. The molecule has 188 valence electrons.